The topological polar surface area (TPSA) is 56.7 Å². The molecule has 2 rings (SSSR count). The van der Waals surface area contributed by atoms with E-state index >= 15 is 0 Å². The average Bonchev–Trinajstić information content (AvgIpc) is 2.68. The van der Waals surface area contributed by atoms with Gasteiger partial charge in [-0.2, -0.15) is 0 Å². The summed E-state index contributed by atoms with van der Waals surface area (Å²) in [6, 6.07) is 5.04. The quantitative estimate of drug-likeness (QED) is 0.919. The molecule has 18 heavy (non-hydrogen) atoms. The van der Waals surface area contributed by atoms with Crippen molar-refractivity contribution in [2.45, 2.75) is 29.4 Å². The molecule has 0 aliphatic rings. The maximum Gasteiger partial charge on any atom is 0.195 e. The van der Waals surface area contributed by atoms with Crippen molar-refractivity contribution in [2.24, 2.45) is 12.8 Å². The molecule has 0 spiro atoms. The van der Waals surface area contributed by atoms with Gasteiger partial charge in [-0.3, -0.25) is 0 Å². The molecule has 1 unspecified atom stereocenters. The Balaban J connectivity index is 2.34. The van der Waals surface area contributed by atoms with Crippen LogP contribution in [0.1, 0.15) is 12.5 Å². The van der Waals surface area contributed by atoms with Crippen LogP contribution in [0, 0.1) is 5.82 Å². The van der Waals surface area contributed by atoms with Gasteiger partial charge in [0, 0.05) is 13.1 Å². The monoisotopic (exact) mass is 266 g/mol. The van der Waals surface area contributed by atoms with Crippen molar-refractivity contribution in [1.29, 1.82) is 0 Å². The molecule has 0 saturated carbocycles. The highest BCUT2D eigenvalue weighted by atomic mass is 32.2. The molecule has 2 N–H and O–H groups in total. The summed E-state index contributed by atoms with van der Waals surface area (Å²) in [6.45, 7) is 1.90. The van der Waals surface area contributed by atoms with Crippen LogP contribution in [-0.2, 0) is 13.5 Å². The maximum atomic E-state index is 13.9. The highest BCUT2D eigenvalue weighted by Gasteiger charge is 2.14. The van der Waals surface area contributed by atoms with Gasteiger partial charge < -0.3 is 10.3 Å². The van der Waals surface area contributed by atoms with Crippen LogP contribution in [0.15, 0.2) is 34.6 Å². The van der Waals surface area contributed by atoms with Crippen molar-refractivity contribution in [3.8, 4) is 0 Å². The smallest absolute Gasteiger partial charge is 0.195 e. The highest BCUT2D eigenvalue weighted by Crippen LogP contribution is 2.31. The van der Waals surface area contributed by atoms with Crippen molar-refractivity contribution in [2.75, 3.05) is 0 Å². The van der Waals surface area contributed by atoms with E-state index in [0.717, 1.165) is 5.56 Å². The predicted octanol–water partition coefficient (Wildman–Crippen LogP) is 2.00. The molecular weight excluding hydrogens is 251 g/mol. The minimum atomic E-state index is -0.249. The van der Waals surface area contributed by atoms with Crippen LogP contribution in [0.25, 0.3) is 0 Å². The normalized spacial score (nSPS) is 12.7. The zero-order valence-corrected chi connectivity index (χ0v) is 11.1. The van der Waals surface area contributed by atoms with Crippen LogP contribution in [0.3, 0.4) is 0 Å². The summed E-state index contributed by atoms with van der Waals surface area (Å²) in [5.41, 5.74) is 6.68. The number of aromatic nitrogens is 3. The third-order valence-corrected chi connectivity index (χ3v) is 3.67. The summed E-state index contributed by atoms with van der Waals surface area (Å²) in [5.74, 6) is -0.249. The van der Waals surface area contributed by atoms with E-state index in [9.17, 15) is 4.39 Å². The summed E-state index contributed by atoms with van der Waals surface area (Å²) in [6.07, 6.45) is 2.23. The number of benzene rings is 1. The number of hydrogen-bond donors (Lipinski definition) is 1. The Morgan fingerprint density at radius 3 is 2.89 bits per heavy atom. The molecule has 0 amide bonds. The van der Waals surface area contributed by atoms with Gasteiger partial charge in [0.25, 0.3) is 0 Å². The van der Waals surface area contributed by atoms with Gasteiger partial charge in [-0.25, -0.2) is 4.39 Å². The van der Waals surface area contributed by atoms with Crippen molar-refractivity contribution < 1.29 is 4.39 Å². The lowest BCUT2D eigenvalue weighted by atomic mass is 10.1. The fourth-order valence-electron chi connectivity index (χ4n) is 1.63. The lowest BCUT2D eigenvalue weighted by Gasteiger charge is -2.11. The minimum absolute atomic E-state index is 0.00866. The summed E-state index contributed by atoms with van der Waals surface area (Å²) in [7, 11) is 1.83. The molecule has 0 saturated heterocycles. The molecule has 1 heterocycles. The van der Waals surface area contributed by atoms with Gasteiger partial charge in [0.15, 0.2) is 5.16 Å². The Morgan fingerprint density at radius 2 is 2.28 bits per heavy atom. The first-order valence-corrected chi connectivity index (χ1v) is 6.44. The molecule has 6 heteroatoms. The molecule has 0 aliphatic carbocycles. The van der Waals surface area contributed by atoms with Gasteiger partial charge in [-0.1, -0.05) is 12.1 Å². The Labute approximate surface area is 109 Å². The van der Waals surface area contributed by atoms with E-state index in [1.807, 2.05) is 20.0 Å². The lowest BCUT2D eigenvalue weighted by molar-refractivity contribution is 0.592. The molecule has 1 atom stereocenters. The van der Waals surface area contributed by atoms with Crippen molar-refractivity contribution in [1.82, 2.24) is 14.8 Å². The van der Waals surface area contributed by atoms with Gasteiger partial charge in [-0.15, -0.1) is 10.2 Å². The zero-order valence-electron chi connectivity index (χ0n) is 10.3. The molecule has 0 bridgehead atoms. The van der Waals surface area contributed by atoms with Gasteiger partial charge in [0.2, 0.25) is 0 Å². The van der Waals surface area contributed by atoms with Crippen LogP contribution < -0.4 is 5.73 Å². The number of hydrogen-bond acceptors (Lipinski definition) is 4. The molecule has 0 radical (unpaired) electrons. The van der Waals surface area contributed by atoms with Crippen molar-refractivity contribution in [3.05, 3.63) is 35.9 Å². The lowest BCUT2D eigenvalue weighted by Crippen LogP contribution is -2.18. The van der Waals surface area contributed by atoms with E-state index in [1.165, 1.54) is 17.8 Å². The summed E-state index contributed by atoms with van der Waals surface area (Å²) in [5, 5.41) is 8.39. The molecular formula is C12H15FN4S. The second-order valence-corrected chi connectivity index (χ2v) is 5.21. The number of nitrogens with two attached hydrogens (primary N) is 1. The van der Waals surface area contributed by atoms with Gasteiger partial charge in [0.1, 0.15) is 12.1 Å². The predicted molar refractivity (Wildman–Crippen MR) is 68.9 cm³/mol. The maximum absolute atomic E-state index is 13.9. The molecule has 2 aromatic rings. The number of halogens is 1. The van der Waals surface area contributed by atoms with Gasteiger partial charge in [-0.05, 0) is 36.7 Å². The van der Waals surface area contributed by atoms with E-state index in [4.69, 9.17) is 5.73 Å². The fourth-order valence-corrected chi connectivity index (χ4v) is 2.54. The SMILES string of the molecule is CC(N)Cc1cccc(F)c1Sc1nncn1C. The first-order chi connectivity index (χ1) is 8.58. The third kappa shape index (κ3) is 2.88. The number of rotatable bonds is 4. The van der Waals surface area contributed by atoms with Gasteiger partial charge >= 0.3 is 0 Å². The highest BCUT2D eigenvalue weighted by molar-refractivity contribution is 7.99. The van der Waals surface area contributed by atoms with Crippen molar-refractivity contribution >= 4 is 11.8 Å². The molecule has 0 fully saturated rings. The number of aryl methyl sites for hydroxylation is 1. The first-order valence-electron chi connectivity index (χ1n) is 5.62. The zero-order chi connectivity index (χ0) is 13.1. The van der Waals surface area contributed by atoms with E-state index in [2.05, 4.69) is 10.2 Å². The van der Waals surface area contributed by atoms with E-state index in [0.29, 0.717) is 16.5 Å². The molecule has 4 nitrogen and oxygen atoms in total. The van der Waals surface area contributed by atoms with Crippen LogP contribution in [0.5, 0.6) is 0 Å². The molecule has 1 aromatic heterocycles. The van der Waals surface area contributed by atoms with Gasteiger partial charge in [0.05, 0.1) is 4.90 Å². The first kappa shape index (κ1) is 13.0. The summed E-state index contributed by atoms with van der Waals surface area (Å²) < 4.78 is 15.7. The number of nitrogens with zero attached hydrogens (tertiary/aromatic N) is 3. The minimum Gasteiger partial charge on any atom is -0.328 e. The third-order valence-electron chi connectivity index (χ3n) is 2.45. The second kappa shape index (κ2) is 5.49. The summed E-state index contributed by atoms with van der Waals surface area (Å²) in [4.78, 5) is 0.575. The van der Waals surface area contributed by atoms with Crippen LogP contribution in [0.2, 0.25) is 0 Å². The van der Waals surface area contributed by atoms with Crippen LogP contribution >= 0.6 is 11.8 Å². The van der Waals surface area contributed by atoms with E-state index < -0.39 is 0 Å². The van der Waals surface area contributed by atoms with Crippen LogP contribution in [0.4, 0.5) is 4.39 Å². The summed E-state index contributed by atoms with van der Waals surface area (Å²) >= 11 is 1.27. The van der Waals surface area contributed by atoms with Crippen molar-refractivity contribution in [3.63, 3.8) is 0 Å². The molecule has 0 aliphatic heterocycles. The Bertz CT molecular complexity index is 539. The Hall–Kier alpha value is -1.40. The standard InChI is InChI=1S/C12H15FN4S/c1-8(14)6-9-4-3-5-10(13)11(9)18-12-16-15-7-17(12)2/h3-5,7-8H,6,14H2,1-2H3. The molecule has 96 valence electrons. The van der Waals surface area contributed by atoms with E-state index in [1.54, 1.807) is 17.0 Å². The second-order valence-electron chi connectivity index (χ2n) is 4.24. The Morgan fingerprint density at radius 1 is 1.50 bits per heavy atom. The molecule has 1 aromatic carbocycles. The van der Waals surface area contributed by atoms with E-state index in [-0.39, 0.29) is 11.9 Å². The average molecular weight is 266 g/mol. The Kier molecular flexibility index (Phi) is 3.98. The van der Waals surface area contributed by atoms with Crippen LogP contribution in [-0.4, -0.2) is 20.8 Å². The fraction of sp³-hybridized carbons (Fsp3) is 0.333. The largest absolute Gasteiger partial charge is 0.328 e.